The van der Waals surface area contributed by atoms with Gasteiger partial charge in [-0.15, -0.1) is 12.4 Å². The topological polar surface area (TPSA) is 102 Å². The van der Waals surface area contributed by atoms with Crippen molar-refractivity contribution in [2.24, 2.45) is 5.73 Å². The molecule has 0 spiro atoms. The molecule has 0 aliphatic carbocycles. The molecule has 0 radical (unpaired) electrons. The Kier molecular flexibility index (Phi) is 8.82. The summed E-state index contributed by atoms with van der Waals surface area (Å²) in [5.74, 6) is -0.111. The Hall–Kier alpha value is -1.35. The summed E-state index contributed by atoms with van der Waals surface area (Å²) in [6.45, 7) is 3.08. The number of carbonyl (C=O) groups is 1. The van der Waals surface area contributed by atoms with E-state index in [9.17, 15) is 13.2 Å². The van der Waals surface area contributed by atoms with E-state index in [4.69, 9.17) is 10.5 Å². The third-order valence-corrected chi connectivity index (χ3v) is 6.26. The van der Waals surface area contributed by atoms with Gasteiger partial charge in [0.05, 0.1) is 7.11 Å². The number of sulfonamides is 1. The highest BCUT2D eigenvalue weighted by molar-refractivity contribution is 7.89. The molecule has 7 nitrogen and oxygen atoms in total. The van der Waals surface area contributed by atoms with Gasteiger partial charge in [0, 0.05) is 31.2 Å². The molecule has 3 N–H and O–H groups in total. The second kappa shape index (κ2) is 10.1. The van der Waals surface area contributed by atoms with Crippen molar-refractivity contribution in [2.45, 2.75) is 43.5 Å². The van der Waals surface area contributed by atoms with Crippen LogP contribution in [0.1, 0.15) is 43.0 Å². The molecule has 26 heavy (non-hydrogen) atoms. The van der Waals surface area contributed by atoms with Crippen LogP contribution in [-0.2, 0) is 10.0 Å². The van der Waals surface area contributed by atoms with E-state index in [0.717, 1.165) is 25.7 Å². The number of rotatable bonds is 6. The lowest BCUT2D eigenvalue weighted by molar-refractivity contribution is 0.0941. The minimum atomic E-state index is -3.71. The zero-order valence-corrected chi connectivity index (χ0v) is 16.9. The van der Waals surface area contributed by atoms with Crippen molar-refractivity contribution in [3.8, 4) is 5.75 Å². The van der Waals surface area contributed by atoms with E-state index in [2.05, 4.69) is 5.32 Å². The molecule has 1 aromatic carbocycles. The van der Waals surface area contributed by atoms with Crippen molar-refractivity contribution in [3.05, 3.63) is 23.8 Å². The van der Waals surface area contributed by atoms with Crippen molar-refractivity contribution in [1.82, 2.24) is 9.62 Å². The summed E-state index contributed by atoms with van der Waals surface area (Å²) < 4.78 is 32.9. The Labute approximate surface area is 161 Å². The van der Waals surface area contributed by atoms with Crippen LogP contribution in [0.5, 0.6) is 5.75 Å². The quantitative estimate of drug-likeness (QED) is 0.750. The van der Waals surface area contributed by atoms with Crippen LogP contribution >= 0.6 is 12.4 Å². The molecule has 1 amide bonds. The molecule has 0 unspecified atom stereocenters. The second-order valence-corrected chi connectivity index (χ2v) is 8.20. The molecule has 1 heterocycles. The number of carbonyl (C=O) groups excluding carboxylic acids is 1. The molecule has 1 aromatic rings. The number of ether oxygens (including phenoxy) is 1. The first kappa shape index (κ1) is 22.7. The highest BCUT2D eigenvalue weighted by atomic mass is 35.5. The van der Waals surface area contributed by atoms with Gasteiger partial charge in [-0.05, 0) is 38.0 Å². The van der Waals surface area contributed by atoms with Gasteiger partial charge in [-0.1, -0.05) is 12.8 Å². The van der Waals surface area contributed by atoms with Gasteiger partial charge in [0.1, 0.15) is 10.6 Å². The predicted molar refractivity (Wildman–Crippen MR) is 103 cm³/mol. The van der Waals surface area contributed by atoms with Gasteiger partial charge >= 0.3 is 0 Å². The molecule has 1 saturated heterocycles. The maximum absolute atomic E-state index is 13.1. The summed E-state index contributed by atoms with van der Waals surface area (Å²) in [7, 11) is -2.29. The van der Waals surface area contributed by atoms with Crippen LogP contribution < -0.4 is 15.8 Å². The molecular formula is C17H28ClN3O4S. The fourth-order valence-electron chi connectivity index (χ4n) is 2.81. The average Bonchev–Trinajstić information content (AvgIpc) is 2.90. The van der Waals surface area contributed by atoms with Crippen LogP contribution in [0.2, 0.25) is 0 Å². The largest absolute Gasteiger partial charge is 0.495 e. The normalized spacial score (nSPS) is 16.9. The smallest absolute Gasteiger partial charge is 0.251 e. The number of hydrogen-bond acceptors (Lipinski definition) is 5. The van der Waals surface area contributed by atoms with Crippen LogP contribution in [0.3, 0.4) is 0 Å². The Morgan fingerprint density at radius 2 is 1.88 bits per heavy atom. The molecule has 1 fully saturated rings. The first-order valence-corrected chi connectivity index (χ1v) is 10.0. The van der Waals surface area contributed by atoms with Crippen LogP contribution in [0.15, 0.2) is 23.1 Å². The van der Waals surface area contributed by atoms with Gasteiger partial charge in [-0.2, -0.15) is 4.31 Å². The van der Waals surface area contributed by atoms with Crippen molar-refractivity contribution < 1.29 is 17.9 Å². The molecule has 0 bridgehead atoms. The minimum absolute atomic E-state index is 0. The molecule has 1 atom stereocenters. The fourth-order valence-corrected chi connectivity index (χ4v) is 4.51. The number of hydrogen-bond donors (Lipinski definition) is 2. The minimum Gasteiger partial charge on any atom is -0.495 e. The van der Waals surface area contributed by atoms with Crippen LogP contribution in [0.4, 0.5) is 0 Å². The first-order chi connectivity index (χ1) is 11.9. The summed E-state index contributed by atoms with van der Waals surface area (Å²) in [5.41, 5.74) is 5.79. The Bertz CT molecular complexity index is 704. The van der Waals surface area contributed by atoms with Crippen LogP contribution in [0.25, 0.3) is 0 Å². The van der Waals surface area contributed by atoms with E-state index in [1.54, 1.807) is 13.0 Å². The van der Waals surface area contributed by atoms with Crippen molar-refractivity contribution in [2.75, 3.05) is 26.7 Å². The van der Waals surface area contributed by atoms with E-state index in [1.807, 2.05) is 0 Å². The molecule has 0 saturated carbocycles. The summed E-state index contributed by atoms with van der Waals surface area (Å²) in [6.07, 6.45) is 3.75. The van der Waals surface area contributed by atoms with Crippen LogP contribution in [-0.4, -0.2) is 51.4 Å². The van der Waals surface area contributed by atoms with Crippen LogP contribution in [0, 0.1) is 0 Å². The second-order valence-electron chi connectivity index (χ2n) is 6.29. The summed E-state index contributed by atoms with van der Waals surface area (Å²) in [5, 5.41) is 2.74. The molecular weight excluding hydrogens is 378 g/mol. The monoisotopic (exact) mass is 405 g/mol. The van der Waals surface area contributed by atoms with E-state index < -0.39 is 10.0 Å². The zero-order chi connectivity index (χ0) is 18.4. The highest BCUT2D eigenvalue weighted by Gasteiger charge is 2.29. The van der Waals surface area contributed by atoms with Gasteiger partial charge in [-0.3, -0.25) is 4.79 Å². The number of amides is 1. The van der Waals surface area contributed by atoms with Gasteiger partial charge in [0.25, 0.3) is 5.91 Å². The number of nitrogens with one attached hydrogen (secondary N) is 1. The van der Waals surface area contributed by atoms with Crippen molar-refractivity contribution in [1.29, 1.82) is 0 Å². The van der Waals surface area contributed by atoms with Gasteiger partial charge in [-0.25, -0.2) is 8.42 Å². The summed E-state index contributed by atoms with van der Waals surface area (Å²) >= 11 is 0. The summed E-state index contributed by atoms with van der Waals surface area (Å²) in [4.78, 5) is 12.3. The van der Waals surface area contributed by atoms with Gasteiger partial charge < -0.3 is 15.8 Å². The summed E-state index contributed by atoms with van der Waals surface area (Å²) in [6, 6.07) is 4.27. The number of nitrogens with zero attached hydrogens (tertiary/aromatic N) is 1. The Morgan fingerprint density at radius 3 is 2.42 bits per heavy atom. The lowest BCUT2D eigenvalue weighted by Crippen LogP contribution is -2.38. The predicted octanol–water partition coefficient (Wildman–Crippen LogP) is 1.76. The van der Waals surface area contributed by atoms with Crippen molar-refractivity contribution in [3.63, 3.8) is 0 Å². The van der Waals surface area contributed by atoms with Crippen molar-refractivity contribution >= 4 is 28.3 Å². The number of methoxy groups -OCH3 is 1. The maximum Gasteiger partial charge on any atom is 0.251 e. The molecule has 148 valence electrons. The van der Waals surface area contributed by atoms with E-state index >= 15 is 0 Å². The molecule has 2 rings (SSSR count). The standard InChI is InChI=1S/C17H27N3O4S.ClH/c1-13(12-18)19-17(21)14-7-8-15(24-2)16(11-14)25(22,23)20-9-5-3-4-6-10-20;/h7-8,11,13H,3-6,9-10,12,18H2,1-2H3,(H,19,21);1H/t13-;/m0./s1. The lowest BCUT2D eigenvalue weighted by Gasteiger charge is -2.22. The zero-order valence-electron chi connectivity index (χ0n) is 15.2. The lowest BCUT2D eigenvalue weighted by atomic mass is 10.2. The maximum atomic E-state index is 13.1. The number of halogens is 1. The molecule has 1 aliphatic heterocycles. The Balaban J connectivity index is 0.00000338. The SMILES string of the molecule is COc1ccc(C(=O)N[C@@H](C)CN)cc1S(=O)(=O)N1CCCCCC1.Cl. The third-order valence-electron chi connectivity index (χ3n) is 4.34. The molecule has 1 aliphatic rings. The van der Waals surface area contributed by atoms with E-state index in [1.165, 1.54) is 23.5 Å². The molecule has 0 aromatic heterocycles. The fraction of sp³-hybridized carbons (Fsp3) is 0.588. The van der Waals surface area contributed by atoms with Gasteiger partial charge in [0.15, 0.2) is 0 Å². The Morgan fingerprint density at radius 1 is 1.27 bits per heavy atom. The van der Waals surface area contributed by atoms with Gasteiger partial charge in [0.2, 0.25) is 10.0 Å². The third kappa shape index (κ3) is 5.33. The molecule has 9 heteroatoms. The van der Waals surface area contributed by atoms with E-state index in [0.29, 0.717) is 19.6 Å². The number of nitrogens with two attached hydrogens (primary N) is 1. The van der Waals surface area contributed by atoms with E-state index in [-0.39, 0.29) is 40.6 Å². The average molecular weight is 406 g/mol. The number of benzene rings is 1. The highest BCUT2D eigenvalue weighted by Crippen LogP contribution is 2.29. The first-order valence-electron chi connectivity index (χ1n) is 8.59.